The maximum Gasteiger partial charge on any atom is 0.0561 e. The molecule has 94 valence electrons. The third-order valence-electron chi connectivity index (χ3n) is 2.59. The Kier molecular flexibility index (Phi) is 5.14. The van der Waals surface area contributed by atoms with E-state index in [0.29, 0.717) is 0 Å². The molecule has 0 heterocycles. The van der Waals surface area contributed by atoms with Crippen LogP contribution in [-0.2, 0) is 0 Å². The van der Waals surface area contributed by atoms with Gasteiger partial charge in [0, 0.05) is 10.0 Å². The standard InChI is InChI=1S/C14H10Br2Cl2/c15-13(9-3-1-5-11(17)7-9)14(16)10-4-2-6-12(18)8-10/h1-8,13-14H/t13-,14+. The van der Waals surface area contributed by atoms with Crippen molar-refractivity contribution in [1.82, 2.24) is 0 Å². The van der Waals surface area contributed by atoms with Crippen molar-refractivity contribution in [2.45, 2.75) is 9.65 Å². The minimum absolute atomic E-state index is 0.134. The molecule has 0 fully saturated rings. The Morgan fingerprint density at radius 1 is 0.722 bits per heavy atom. The molecule has 0 nitrogen and oxygen atoms in total. The second-order valence-electron chi connectivity index (χ2n) is 3.91. The fourth-order valence-corrected chi connectivity index (χ4v) is 3.27. The van der Waals surface area contributed by atoms with Gasteiger partial charge >= 0.3 is 0 Å². The molecule has 0 aliphatic heterocycles. The number of halogens is 4. The molecule has 0 aromatic heterocycles. The Morgan fingerprint density at radius 2 is 1.11 bits per heavy atom. The number of hydrogen-bond donors (Lipinski definition) is 0. The maximum atomic E-state index is 6.01. The smallest absolute Gasteiger partial charge is 0.0561 e. The van der Waals surface area contributed by atoms with Gasteiger partial charge in [-0.15, -0.1) is 0 Å². The van der Waals surface area contributed by atoms with Crippen molar-refractivity contribution in [1.29, 1.82) is 0 Å². The zero-order chi connectivity index (χ0) is 13.1. The van der Waals surface area contributed by atoms with Crippen LogP contribution in [-0.4, -0.2) is 0 Å². The van der Waals surface area contributed by atoms with Crippen LogP contribution in [0.5, 0.6) is 0 Å². The van der Waals surface area contributed by atoms with Crippen molar-refractivity contribution in [3.63, 3.8) is 0 Å². The van der Waals surface area contributed by atoms with Gasteiger partial charge in [-0.3, -0.25) is 0 Å². The summed E-state index contributed by atoms with van der Waals surface area (Å²) in [5.74, 6) is 0. The summed E-state index contributed by atoms with van der Waals surface area (Å²) in [6.45, 7) is 0. The zero-order valence-corrected chi connectivity index (χ0v) is 14.0. The Labute approximate surface area is 134 Å². The average molecular weight is 409 g/mol. The molecule has 0 N–H and O–H groups in total. The van der Waals surface area contributed by atoms with Crippen LogP contribution in [0.1, 0.15) is 20.8 Å². The molecule has 0 aliphatic carbocycles. The Hall–Kier alpha value is -0.0200. The SMILES string of the molecule is Clc1cccc([C@@H](Br)[C@@H](Br)c2cccc(Cl)c2)c1. The van der Waals surface area contributed by atoms with Crippen LogP contribution in [0.4, 0.5) is 0 Å². The molecular formula is C14H10Br2Cl2. The Bertz CT molecular complexity index is 493. The first kappa shape index (κ1) is 14.4. The van der Waals surface area contributed by atoms with Gasteiger partial charge in [-0.25, -0.2) is 0 Å². The third kappa shape index (κ3) is 3.51. The van der Waals surface area contributed by atoms with Crippen molar-refractivity contribution in [3.8, 4) is 0 Å². The molecule has 0 amide bonds. The van der Waals surface area contributed by atoms with Gasteiger partial charge in [0.25, 0.3) is 0 Å². The molecule has 0 radical (unpaired) electrons. The molecule has 4 heteroatoms. The van der Waals surface area contributed by atoms with Gasteiger partial charge in [-0.1, -0.05) is 79.3 Å². The van der Waals surface area contributed by atoms with E-state index < -0.39 is 0 Å². The third-order valence-corrected chi connectivity index (χ3v) is 5.89. The maximum absolute atomic E-state index is 6.01. The molecule has 0 aliphatic rings. The summed E-state index contributed by atoms with van der Waals surface area (Å²) in [7, 11) is 0. The summed E-state index contributed by atoms with van der Waals surface area (Å²) in [5.41, 5.74) is 2.26. The summed E-state index contributed by atoms with van der Waals surface area (Å²) in [6, 6.07) is 15.6. The molecule has 2 aromatic carbocycles. The van der Waals surface area contributed by atoms with Crippen LogP contribution in [0.3, 0.4) is 0 Å². The van der Waals surface area contributed by atoms with Crippen LogP contribution in [0.2, 0.25) is 10.0 Å². The van der Waals surface area contributed by atoms with Crippen LogP contribution < -0.4 is 0 Å². The monoisotopic (exact) mass is 406 g/mol. The highest BCUT2D eigenvalue weighted by atomic mass is 79.9. The van der Waals surface area contributed by atoms with Crippen molar-refractivity contribution >= 4 is 55.1 Å². The molecule has 2 rings (SSSR count). The fourth-order valence-electron chi connectivity index (χ4n) is 1.69. The second-order valence-corrected chi connectivity index (χ2v) is 6.76. The van der Waals surface area contributed by atoms with Gasteiger partial charge in [0.05, 0.1) is 9.65 Å². The number of benzene rings is 2. The van der Waals surface area contributed by atoms with E-state index in [2.05, 4.69) is 31.9 Å². The topological polar surface area (TPSA) is 0 Å². The summed E-state index contributed by atoms with van der Waals surface area (Å²) in [6.07, 6.45) is 0. The minimum atomic E-state index is 0.134. The largest absolute Gasteiger partial charge is 0.0843 e. The van der Waals surface area contributed by atoms with Gasteiger partial charge in [0.1, 0.15) is 0 Å². The second kappa shape index (κ2) is 6.42. The van der Waals surface area contributed by atoms with Crippen LogP contribution in [0, 0.1) is 0 Å². The molecule has 2 aromatic rings. The van der Waals surface area contributed by atoms with Gasteiger partial charge in [0.15, 0.2) is 0 Å². The lowest BCUT2D eigenvalue weighted by molar-refractivity contribution is 0.938. The lowest BCUT2D eigenvalue weighted by atomic mass is 10.0. The number of hydrogen-bond acceptors (Lipinski definition) is 0. The van der Waals surface area contributed by atoms with Crippen molar-refractivity contribution in [2.24, 2.45) is 0 Å². The van der Waals surface area contributed by atoms with Crippen molar-refractivity contribution < 1.29 is 0 Å². The van der Waals surface area contributed by atoms with Crippen molar-refractivity contribution in [2.75, 3.05) is 0 Å². The predicted octanol–water partition coefficient (Wildman–Crippen LogP) is 6.57. The summed E-state index contributed by atoms with van der Waals surface area (Å²) in [4.78, 5) is 0.268. The van der Waals surface area contributed by atoms with Crippen LogP contribution in [0.25, 0.3) is 0 Å². The van der Waals surface area contributed by atoms with Gasteiger partial charge in [-0.2, -0.15) is 0 Å². The lowest BCUT2D eigenvalue weighted by Gasteiger charge is -2.18. The molecule has 0 saturated heterocycles. The van der Waals surface area contributed by atoms with E-state index >= 15 is 0 Å². The molecular weight excluding hydrogens is 399 g/mol. The van der Waals surface area contributed by atoms with Gasteiger partial charge in [-0.05, 0) is 35.4 Å². The Balaban J connectivity index is 2.26. The quantitative estimate of drug-likeness (QED) is 0.504. The van der Waals surface area contributed by atoms with E-state index in [-0.39, 0.29) is 9.65 Å². The van der Waals surface area contributed by atoms with E-state index in [1.807, 2.05) is 48.5 Å². The van der Waals surface area contributed by atoms with Crippen LogP contribution in [0.15, 0.2) is 48.5 Å². The summed E-state index contributed by atoms with van der Waals surface area (Å²) in [5, 5.41) is 1.48. The zero-order valence-electron chi connectivity index (χ0n) is 9.29. The number of rotatable bonds is 3. The molecule has 0 saturated carbocycles. The first-order valence-corrected chi connectivity index (χ1v) is 7.96. The average Bonchev–Trinajstić information content (AvgIpc) is 2.37. The van der Waals surface area contributed by atoms with E-state index in [0.717, 1.165) is 21.2 Å². The summed E-state index contributed by atoms with van der Waals surface area (Å²) < 4.78 is 0. The highest BCUT2D eigenvalue weighted by Crippen LogP contribution is 2.43. The van der Waals surface area contributed by atoms with Gasteiger partial charge in [0.2, 0.25) is 0 Å². The van der Waals surface area contributed by atoms with E-state index in [4.69, 9.17) is 23.2 Å². The molecule has 18 heavy (non-hydrogen) atoms. The molecule has 0 unspecified atom stereocenters. The molecule has 2 atom stereocenters. The van der Waals surface area contributed by atoms with Crippen LogP contribution >= 0.6 is 55.1 Å². The molecule has 0 bridgehead atoms. The van der Waals surface area contributed by atoms with Crippen molar-refractivity contribution in [3.05, 3.63) is 69.7 Å². The summed E-state index contributed by atoms with van der Waals surface area (Å²) >= 11 is 19.4. The normalized spacial score (nSPS) is 14.2. The predicted molar refractivity (Wildman–Crippen MR) is 86.2 cm³/mol. The molecule has 0 spiro atoms. The first-order valence-electron chi connectivity index (χ1n) is 5.37. The van der Waals surface area contributed by atoms with E-state index in [9.17, 15) is 0 Å². The van der Waals surface area contributed by atoms with E-state index in [1.54, 1.807) is 0 Å². The van der Waals surface area contributed by atoms with E-state index in [1.165, 1.54) is 0 Å². The van der Waals surface area contributed by atoms with Gasteiger partial charge < -0.3 is 0 Å². The highest BCUT2D eigenvalue weighted by molar-refractivity contribution is 9.12. The fraction of sp³-hybridized carbons (Fsp3) is 0.143. The highest BCUT2D eigenvalue weighted by Gasteiger charge is 2.20. The first-order chi connectivity index (χ1) is 8.58. The number of alkyl halides is 2. The lowest BCUT2D eigenvalue weighted by Crippen LogP contribution is -1.99. The Morgan fingerprint density at radius 3 is 1.44 bits per heavy atom. The minimum Gasteiger partial charge on any atom is -0.0843 e.